The third-order valence-corrected chi connectivity index (χ3v) is 3.83. The van der Waals surface area contributed by atoms with Crippen LogP contribution in [0, 0.1) is 6.92 Å². The molecule has 2 rings (SSSR count). The van der Waals surface area contributed by atoms with Crippen LogP contribution in [0.5, 0.6) is 5.75 Å². The fraction of sp³-hybridized carbons (Fsp3) is 0.368. The van der Waals surface area contributed by atoms with E-state index in [9.17, 15) is 0 Å². The van der Waals surface area contributed by atoms with Gasteiger partial charge in [0.25, 0.3) is 0 Å². The molecule has 3 nitrogen and oxygen atoms in total. The highest BCUT2D eigenvalue weighted by atomic mass is 35.5. The monoisotopic (exact) mass is 332 g/mol. The average Bonchev–Trinajstić information content (AvgIpc) is 2.54. The molecule has 0 bridgehead atoms. The molecule has 4 heteroatoms. The summed E-state index contributed by atoms with van der Waals surface area (Å²) in [5, 5.41) is 7.31. The van der Waals surface area contributed by atoms with Crippen molar-refractivity contribution in [2.45, 2.75) is 26.5 Å². The first-order valence-electron chi connectivity index (χ1n) is 8.01. The quantitative estimate of drug-likeness (QED) is 0.683. The molecule has 0 amide bonds. The fourth-order valence-corrected chi connectivity index (χ4v) is 2.60. The summed E-state index contributed by atoms with van der Waals surface area (Å²) in [5.74, 6) is 0.886. The molecule has 0 aromatic heterocycles. The largest absolute Gasteiger partial charge is 0.489 e. The lowest BCUT2D eigenvalue weighted by molar-refractivity contribution is 0.302. The fourth-order valence-electron chi connectivity index (χ4n) is 2.40. The number of rotatable bonds is 9. The molecule has 2 N–H and O–H groups in total. The molecule has 0 fully saturated rings. The lowest BCUT2D eigenvalue weighted by Crippen LogP contribution is -2.19. The number of nitrogens with one attached hydrogen (secondary N) is 2. The zero-order valence-electron chi connectivity index (χ0n) is 13.9. The van der Waals surface area contributed by atoms with Gasteiger partial charge in [-0.3, -0.25) is 0 Å². The van der Waals surface area contributed by atoms with Gasteiger partial charge in [-0.2, -0.15) is 0 Å². The standard InChI is InChI=1S/C19H25ClN2O/c1-15-5-3-6-16(11-15)14-23-19-8-7-18(20)12-17(19)13-22-10-4-9-21-2/h3,5-8,11-12,21-22H,4,9-10,13-14H2,1-2H3. The van der Waals surface area contributed by atoms with E-state index in [2.05, 4.69) is 41.8 Å². The van der Waals surface area contributed by atoms with Gasteiger partial charge in [-0.15, -0.1) is 0 Å². The minimum absolute atomic E-state index is 0.566. The Bertz CT molecular complexity index is 616. The molecule has 0 saturated carbocycles. The van der Waals surface area contributed by atoms with Crippen LogP contribution in [0.1, 0.15) is 23.1 Å². The topological polar surface area (TPSA) is 33.3 Å². The molecule has 2 aromatic rings. The van der Waals surface area contributed by atoms with Gasteiger partial charge in [-0.05, 0) is 57.2 Å². The molecule has 0 unspecified atom stereocenters. The summed E-state index contributed by atoms with van der Waals surface area (Å²) in [7, 11) is 1.97. The first kappa shape index (κ1) is 17.8. The van der Waals surface area contributed by atoms with Crippen LogP contribution in [-0.4, -0.2) is 20.1 Å². The highest BCUT2D eigenvalue weighted by Crippen LogP contribution is 2.24. The lowest BCUT2D eigenvalue weighted by atomic mass is 10.1. The van der Waals surface area contributed by atoms with E-state index in [0.29, 0.717) is 6.61 Å². The molecular formula is C19H25ClN2O. The molecule has 0 spiro atoms. The second kappa shape index (κ2) is 9.56. The van der Waals surface area contributed by atoms with Gasteiger partial charge in [0, 0.05) is 17.1 Å². The summed E-state index contributed by atoms with van der Waals surface area (Å²) >= 11 is 6.12. The minimum atomic E-state index is 0.566. The lowest BCUT2D eigenvalue weighted by Gasteiger charge is -2.13. The average molecular weight is 333 g/mol. The zero-order chi connectivity index (χ0) is 16.5. The Morgan fingerprint density at radius 3 is 2.74 bits per heavy atom. The van der Waals surface area contributed by atoms with Crippen LogP contribution in [0.15, 0.2) is 42.5 Å². The molecule has 23 heavy (non-hydrogen) atoms. The van der Waals surface area contributed by atoms with Crippen molar-refractivity contribution in [1.29, 1.82) is 0 Å². The Kier molecular flexibility index (Phi) is 7.40. The van der Waals surface area contributed by atoms with E-state index in [1.807, 2.05) is 25.2 Å². The number of hydrogen-bond donors (Lipinski definition) is 2. The van der Waals surface area contributed by atoms with Crippen molar-refractivity contribution in [3.8, 4) is 5.75 Å². The zero-order valence-corrected chi connectivity index (χ0v) is 14.6. The number of halogens is 1. The van der Waals surface area contributed by atoms with Crippen LogP contribution in [0.3, 0.4) is 0 Å². The summed E-state index contributed by atoms with van der Waals surface area (Å²) in [6.45, 7) is 5.39. The molecule has 0 aliphatic heterocycles. The number of benzene rings is 2. The van der Waals surface area contributed by atoms with Crippen LogP contribution in [0.2, 0.25) is 5.02 Å². The van der Waals surface area contributed by atoms with E-state index >= 15 is 0 Å². The predicted molar refractivity (Wildman–Crippen MR) is 97.2 cm³/mol. The molecule has 124 valence electrons. The van der Waals surface area contributed by atoms with Crippen molar-refractivity contribution in [2.75, 3.05) is 20.1 Å². The van der Waals surface area contributed by atoms with E-state index < -0.39 is 0 Å². The van der Waals surface area contributed by atoms with Crippen molar-refractivity contribution in [3.05, 3.63) is 64.2 Å². The van der Waals surface area contributed by atoms with Gasteiger partial charge in [-0.25, -0.2) is 0 Å². The van der Waals surface area contributed by atoms with Gasteiger partial charge in [0.15, 0.2) is 0 Å². The van der Waals surface area contributed by atoms with Crippen molar-refractivity contribution >= 4 is 11.6 Å². The van der Waals surface area contributed by atoms with E-state index in [1.165, 1.54) is 11.1 Å². The van der Waals surface area contributed by atoms with Crippen molar-refractivity contribution < 1.29 is 4.74 Å². The summed E-state index contributed by atoms with van der Waals surface area (Å²) in [5.41, 5.74) is 3.51. The van der Waals surface area contributed by atoms with Crippen LogP contribution in [0.25, 0.3) is 0 Å². The Labute approximate surface area is 144 Å². The first-order chi connectivity index (χ1) is 11.2. The van der Waals surface area contributed by atoms with E-state index in [1.54, 1.807) is 0 Å². The molecule has 0 aliphatic rings. The third kappa shape index (κ3) is 6.22. The third-order valence-electron chi connectivity index (χ3n) is 3.60. The highest BCUT2D eigenvalue weighted by molar-refractivity contribution is 6.30. The molecule has 0 aliphatic carbocycles. The van der Waals surface area contributed by atoms with Gasteiger partial charge in [0.05, 0.1) is 0 Å². The molecule has 0 saturated heterocycles. The SMILES string of the molecule is CNCCCNCc1cc(Cl)ccc1OCc1cccc(C)c1. The highest BCUT2D eigenvalue weighted by Gasteiger charge is 2.05. The van der Waals surface area contributed by atoms with Crippen molar-refractivity contribution in [2.24, 2.45) is 0 Å². The van der Waals surface area contributed by atoms with Crippen molar-refractivity contribution in [3.63, 3.8) is 0 Å². The molecule has 2 aromatic carbocycles. The first-order valence-corrected chi connectivity index (χ1v) is 8.39. The number of hydrogen-bond acceptors (Lipinski definition) is 3. The van der Waals surface area contributed by atoms with Crippen LogP contribution < -0.4 is 15.4 Å². The number of ether oxygens (including phenoxy) is 1. The Morgan fingerprint density at radius 1 is 1.09 bits per heavy atom. The maximum absolute atomic E-state index is 6.12. The number of aryl methyl sites for hydroxylation is 1. The van der Waals surface area contributed by atoms with Gasteiger partial charge in [0.2, 0.25) is 0 Å². The molecular weight excluding hydrogens is 308 g/mol. The Balaban J connectivity index is 1.94. The molecule has 0 atom stereocenters. The van der Waals surface area contributed by atoms with Crippen LogP contribution >= 0.6 is 11.6 Å². The van der Waals surface area contributed by atoms with Gasteiger partial charge < -0.3 is 15.4 Å². The summed E-state index contributed by atoms with van der Waals surface area (Å²) in [4.78, 5) is 0. The van der Waals surface area contributed by atoms with Gasteiger partial charge in [-0.1, -0.05) is 41.4 Å². The second-order valence-electron chi connectivity index (χ2n) is 5.66. The smallest absolute Gasteiger partial charge is 0.124 e. The van der Waals surface area contributed by atoms with E-state index in [4.69, 9.17) is 16.3 Å². The predicted octanol–water partition coefficient (Wildman–Crippen LogP) is 3.93. The normalized spacial score (nSPS) is 10.7. The van der Waals surface area contributed by atoms with E-state index in [-0.39, 0.29) is 0 Å². The molecule has 0 heterocycles. The van der Waals surface area contributed by atoms with Crippen molar-refractivity contribution in [1.82, 2.24) is 10.6 Å². The maximum atomic E-state index is 6.12. The minimum Gasteiger partial charge on any atom is -0.489 e. The summed E-state index contributed by atoms with van der Waals surface area (Å²) < 4.78 is 6.00. The molecule has 0 radical (unpaired) electrons. The van der Waals surface area contributed by atoms with Gasteiger partial charge in [0.1, 0.15) is 12.4 Å². The van der Waals surface area contributed by atoms with Gasteiger partial charge >= 0.3 is 0 Å². The van der Waals surface area contributed by atoms with Crippen LogP contribution in [-0.2, 0) is 13.2 Å². The Hall–Kier alpha value is -1.55. The Morgan fingerprint density at radius 2 is 1.96 bits per heavy atom. The summed E-state index contributed by atoms with van der Waals surface area (Å²) in [6.07, 6.45) is 1.09. The summed E-state index contributed by atoms with van der Waals surface area (Å²) in [6, 6.07) is 14.2. The van der Waals surface area contributed by atoms with E-state index in [0.717, 1.165) is 42.4 Å². The van der Waals surface area contributed by atoms with Crippen LogP contribution in [0.4, 0.5) is 0 Å². The maximum Gasteiger partial charge on any atom is 0.124 e. The second-order valence-corrected chi connectivity index (χ2v) is 6.10.